The van der Waals surface area contributed by atoms with Crippen molar-refractivity contribution in [2.24, 2.45) is 0 Å². The lowest BCUT2D eigenvalue weighted by atomic mass is 9.99. The van der Waals surface area contributed by atoms with Crippen molar-refractivity contribution < 1.29 is 0 Å². The minimum Gasteiger partial charge on any atom is -0.310 e. The van der Waals surface area contributed by atoms with E-state index in [9.17, 15) is 0 Å². The molecule has 0 saturated carbocycles. The predicted octanol–water partition coefficient (Wildman–Crippen LogP) is 4.28. The summed E-state index contributed by atoms with van der Waals surface area (Å²) in [5, 5.41) is 5.04. The van der Waals surface area contributed by atoms with Crippen LogP contribution in [0.2, 0.25) is 10.0 Å². The van der Waals surface area contributed by atoms with Crippen LogP contribution in [-0.4, -0.2) is 12.3 Å². The molecule has 1 aromatic carbocycles. The number of hydrogen-bond donors (Lipinski definition) is 1. The van der Waals surface area contributed by atoms with Gasteiger partial charge >= 0.3 is 0 Å². The van der Waals surface area contributed by atoms with Crippen molar-refractivity contribution >= 4 is 35.0 Å². The van der Waals surface area contributed by atoms with E-state index in [2.05, 4.69) is 18.3 Å². The molecule has 88 valence electrons. The topological polar surface area (TPSA) is 12.0 Å². The van der Waals surface area contributed by atoms with Crippen LogP contribution in [0.25, 0.3) is 0 Å². The summed E-state index contributed by atoms with van der Waals surface area (Å²) < 4.78 is 0. The average molecular weight is 276 g/mol. The first-order valence-corrected chi connectivity index (χ1v) is 7.42. The maximum Gasteiger partial charge on any atom is 0.0464 e. The van der Waals surface area contributed by atoms with E-state index in [0.717, 1.165) is 28.8 Å². The zero-order chi connectivity index (χ0) is 11.5. The first kappa shape index (κ1) is 12.6. The molecule has 0 spiro atoms. The van der Waals surface area contributed by atoms with Gasteiger partial charge in [-0.25, -0.2) is 0 Å². The van der Waals surface area contributed by atoms with Crippen LogP contribution in [0.3, 0.4) is 0 Å². The fraction of sp³-hybridized carbons (Fsp3) is 0.500. The highest BCUT2D eigenvalue weighted by Gasteiger charge is 2.20. The molecule has 16 heavy (non-hydrogen) atoms. The molecule has 0 aliphatic carbocycles. The van der Waals surface area contributed by atoms with Gasteiger partial charge in [0.2, 0.25) is 0 Å². The summed E-state index contributed by atoms with van der Waals surface area (Å²) in [6.07, 6.45) is 1.14. The quantitative estimate of drug-likeness (QED) is 0.865. The molecule has 1 nitrogen and oxygen atoms in total. The Balaban J connectivity index is 2.43. The molecular formula is C12H15Cl2NS. The number of halogens is 2. The van der Waals surface area contributed by atoms with Crippen LogP contribution in [0.4, 0.5) is 0 Å². The minimum atomic E-state index is 0.395. The van der Waals surface area contributed by atoms with Crippen molar-refractivity contribution in [3.8, 4) is 0 Å². The van der Waals surface area contributed by atoms with Crippen LogP contribution >= 0.6 is 35.0 Å². The number of fused-ring (bicyclic) bond motifs is 1. The van der Waals surface area contributed by atoms with Gasteiger partial charge in [0.25, 0.3) is 0 Å². The van der Waals surface area contributed by atoms with Crippen LogP contribution in [0.15, 0.2) is 12.1 Å². The van der Waals surface area contributed by atoms with Gasteiger partial charge in [-0.15, -0.1) is 0 Å². The third-order valence-corrected chi connectivity index (χ3v) is 4.39. The van der Waals surface area contributed by atoms with E-state index in [1.807, 2.05) is 17.8 Å². The van der Waals surface area contributed by atoms with Crippen molar-refractivity contribution in [3.63, 3.8) is 0 Å². The van der Waals surface area contributed by atoms with Crippen molar-refractivity contribution in [2.75, 3.05) is 12.3 Å². The Bertz CT molecular complexity index is 382. The SMILES string of the molecule is CCNC1CCSCc2c(Cl)cc(Cl)cc21. The molecule has 1 aliphatic rings. The van der Waals surface area contributed by atoms with Crippen molar-refractivity contribution in [1.82, 2.24) is 5.32 Å². The molecule has 1 aromatic rings. The van der Waals surface area contributed by atoms with Gasteiger partial charge in [-0.2, -0.15) is 11.8 Å². The van der Waals surface area contributed by atoms with Gasteiger partial charge in [-0.3, -0.25) is 0 Å². The van der Waals surface area contributed by atoms with E-state index in [4.69, 9.17) is 23.2 Å². The minimum absolute atomic E-state index is 0.395. The van der Waals surface area contributed by atoms with Gasteiger partial charge < -0.3 is 5.32 Å². The van der Waals surface area contributed by atoms with Crippen LogP contribution in [0.5, 0.6) is 0 Å². The zero-order valence-corrected chi connectivity index (χ0v) is 11.6. The monoisotopic (exact) mass is 275 g/mol. The normalized spacial score (nSPS) is 20.3. The second kappa shape index (κ2) is 5.63. The molecule has 0 amide bonds. The fourth-order valence-corrected chi connectivity index (χ4v) is 3.80. The lowest BCUT2D eigenvalue weighted by Crippen LogP contribution is -2.21. The average Bonchev–Trinajstić information content (AvgIpc) is 2.42. The summed E-state index contributed by atoms with van der Waals surface area (Å²) in [6, 6.07) is 4.30. The van der Waals surface area contributed by atoms with Crippen LogP contribution in [0, 0.1) is 0 Å². The molecule has 0 bridgehead atoms. The summed E-state index contributed by atoms with van der Waals surface area (Å²) >= 11 is 14.3. The molecule has 4 heteroatoms. The van der Waals surface area contributed by atoms with E-state index in [-0.39, 0.29) is 0 Å². The summed E-state index contributed by atoms with van der Waals surface area (Å²) in [7, 11) is 0. The lowest BCUT2D eigenvalue weighted by Gasteiger charge is -2.19. The molecular weight excluding hydrogens is 261 g/mol. The summed E-state index contributed by atoms with van der Waals surface area (Å²) in [6.45, 7) is 3.10. The van der Waals surface area contributed by atoms with Crippen molar-refractivity contribution in [1.29, 1.82) is 0 Å². The molecule has 2 rings (SSSR count). The molecule has 1 heterocycles. The second-order valence-corrected chi connectivity index (χ2v) is 5.86. The van der Waals surface area contributed by atoms with Crippen molar-refractivity contribution in [2.45, 2.75) is 25.1 Å². The Labute approximate surface area is 111 Å². The van der Waals surface area contributed by atoms with Crippen molar-refractivity contribution in [3.05, 3.63) is 33.3 Å². The summed E-state index contributed by atoms with van der Waals surface area (Å²) in [4.78, 5) is 0. The largest absolute Gasteiger partial charge is 0.310 e. The van der Waals surface area contributed by atoms with E-state index in [1.54, 1.807) is 0 Å². The molecule has 1 aliphatic heterocycles. The highest BCUT2D eigenvalue weighted by Crippen LogP contribution is 2.36. The first-order chi connectivity index (χ1) is 7.72. The Kier molecular flexibility index (Phi) is 4.42. The third-order valence-electron chi connectivity index (χ3n) is 2.82. The van der Waals surface area contributed by atoms with Crippen LogP contribution in [-0.2, 0) is 5.75 Å². The van der Waals surface area contributed by atoms with E-state index < -0.39 is 0 Å². The number of hydrogen-bond acceptors (Lipinski definition) is 2. The standard InChI is InChI=1S/C12H15Cl2NS/c1-2-15-12-3-4-16-7-10-9(12)5-8(13)6-11(10)14/h5-6,12,15H,2-4,7H2,1H3. The van der Waals surface area contributed by atoms with Crippen LogP contribution in [0.1, 0.15) is 30.5 Å². The van der Waals surface area contributed by atoms with Gasteiger partial charge in [0.1, 0.15) is 0 Å². The maximum absolute atomic E-state index is 6.26. The Hall–Kier alpha value is 0.110. The van der Waals surface area contributed by atoms with Gasteiger partial charge in [0, 0.05) is 21.8 Å². The molecule has 1 unspecified atom stereocenters. The predicted molar refractivity (Wildman–Crippen MR) is 73.7 cm³/mol. The van der Waals surface area contributed by atoms with E-state index in [0.29, 0.717) is 6.04 Å². The third kappa shape index (κ3) is 2.67. The Morgan fingerprint density at radius 2 is 2.25 bits per heavy atom. The highest BCUT2D eigenvalue weighted by molar-refractivity contribution is 7.98. The first-order valence-electron chi connectivity index (χ1n) is 5.51. The van der Waals surface area contributed by atoms with Gasteiger partial charge in [-0.05, 0) is 42.0 Å². The number of rotatable bonds is 2. The van der Waals surface area contributed by atoms with E-state index in [1.165, 1.54) is 16.9 Å². The van der Waals surface area contributed by atoms with Gasteiger partial charge in [0.15, 0.2) is 0 Å². The second-order valence-electron chi connectivity index (χ2n) is 3.91. The molecule has 1 atom stereocenters. The van der Waals surface area contributed by atoms with Gasteiger partial charge in [-0.1, -0.05) is 30.1 Å². The molecule has 1 N–H and O–H groups in total. The Morgan fingerprint density at radius 3 is 3.00 bits per heavy atom. The fourth-order valence-electron chi connectivity index (χ4n) is 2.08. The van der Waals surface area contributed by atoms with Crippen LogP contribution < -0.4 is 5.32 Å². The number of thioether (sulfide) groups is 1. The highest BCUT2D eigenvalue weighted by atomic mass is 35.5. The molecule has 0 fully saturated rings. The molecule has 0 radical (unpaired) electrons. The number of benzene rings is 1. The smallest absolute Gasteiger partial charge is 0.0464 e. The molecule has 0 aromatic heterocycles. The van der Waals surface area contributed by atoms with E-state index >= 15 is 0 Å². The summed E-state index contributed by atoms with van der Waals surface area (Å²) in [5.41, 5.74) is 2.53. The van der Waals surface area contributed by atoms with Gasteiger partial charge in [0.05, 0.1) is 0 Å². The maximum atomic E-state index is 6.26. The number of nitrogens with one attached hydrogen (secondary N) is 1. The summed E-state index contributed by atoms with van der Waals surface area (Å²) in [5.74, 6) is 2.16. The Morgan fingerprint density at radius 1 is 1.44 bits per heavy atom. The zero-order valence-electron chi connectivity index (χ0n) is 9.22. The lowest BCUT2D eigenvalue weighted by molar-refractivity contribution is 0.541. The molecule has 0 saturated heterocycles.